The molecule has 138 valence electrons. The van der Waals surface area contributed by atoms with Gasteiger partial charge in [0.1, 0.15) is 11.6 Å². The highest BCUT2D eigenvalue weighted by molar-refractivity contribution is 5.79. The van der Waals surface area contributed by atoms with Crippen LogP contribution in [-0.4, -0.2) is 0 Å². The molecule has 4 aromatic carbocycles. The van der Waals surface area contributed by atoms with Crippen molar-refractivity contribution >= 4 is 28.4 Å². The molecule has 0 saturated heterocycles. The van der Waals surface area contributed by atoms with Crippen LogP contribution in [0, 0.1) is 11.6 Å². The molecule has 0 aliphatic rings. The van der Waals surface area contributed by atoms with E-state index in [1.807, 2.05) is 59.5 Å². The maximum atomic E-state index is 13.4. The van der Waals surface area contributed by atoms with E-state index in [4.69, 9.17) is 0 Å². The summed E-state index contributed by atoms with van der Waals surface area (Å²) < 4.78 is 26.9. The minimum Gasteiger partial charge on any atom is -0.355 e. The fraction of sp³-hybridized carbons (Fsp3) is 0. The fourth-order valence-electron chi connectivity index (χ4n) is 3.04. The smallest absolute Gasteiger partial charge is 0.123 e. The Kier molecular flexibility index (Phi) is 5.02. The number of hydrogen-bond donors (Lipinski definition) is 1. The Labute approximate surface area is 162 Å². The lowest BCUT2D eigenvalue weighted by atomic mass is 10.1. The van der Waals surface area contributed by atoms with Gasteiger partial charge in [0.25, 0.3) is 0 Å². The van der Waals surface area contributed by atoms with Crippen molar-refractivity contribution in [3.63, 3.8) is 0 Å². The number of rotatable bonds is 5. The SMILES string of the molecule is Fc1ccc(N(c2ccc(F)cc2)c2cccc(Nc3ccccc3)c2)cc1. The zero-order valence-electron chi connectivity index (χ0n) is 15.0. The van der Waals surface area contributed by atoms with Gasteiger partial charge in [0, 0.05) is 28.4 Å². The molecule has 4 aromatic rings. The summed E-state index contributed by atoms with van der Waals surface area (Å²) >= 11 is 0. The molecule has 0 aromatic heterocycles. The third kappa shape index (κ3) is 4.01. The number of halogens is 2. The van der Waals surface area contributed by atoms with E-state index in [1.165, 1.54) is 24.3 Å². The molecule has 0 bridgehead atoms. The van der Waals surface area contributed by atoms with E-state index in [1.54, 1.807) is 24.3 Å². The van der Waals surface area contributed by atoms with Crippen LogP contribution in [0.4, 0.5) is 37.2 Å². The minimum atomic E-state index is -0.303. The molecule has 28 heavy (non-hydrogen) atoms. The summed E-state index contributed by atoms with van der Waals surface area (Å²) in [7, 11) is 0. The molecule has 0 atom stereocenters. The van der Waals surface area contributed by atoms with Gasteiger partial charge in [0.05, 0.1) is 0 Å². The number of hydrogen-bond acceptors (Lipinski definition) is 2. The molecular weight excluding hydrogens is 354 g/mol. The molecule has 0 saturated carbocycles. The molecular formula is C24H18F2N2. The molecule has 0 aliphatic carbocycles. The summed E-state index contributed by atoms with van der Waals surface area (Å²) in [5, 5.41) is 3.37. The second-order valence-electron chi connectivity index (χ2n) is 6.33. The van der Waals surface area contributed by atoms with Gasteiger partial charge < -0.3 is 10.2 Å². The Balaban J connectivity index is 1.75. The Morgan fingerprint density at radius 3 is 1.61 bits per heavy atom. The van der Waals surface area contributed by atoms with Crippen molar-refractivity contribution in [2.24, 2.45) is 0 Å². The highest BCUT2D eigenvalue weighted by Gasteiger charge is 2.13. The van der Waals surface area contributed by atoms with Crippen molar-refractivity contribution in [1.82, 2.24) is 0 Å². The van der Waals surface area contributed by atoms with Crippen LogP contribution < -0.4 is 10.2 Å². The Morgan fingerprint density at radius 2 is 1.04 bits per heavy atom. The summed E-state index contributed by atoms with van der Waals surface area (Å²) in [5.74, 6) is -0.607. The average Bonchev–Trinajstić information content (AvgIpc) is 2.72. The standard InChI is InChI=1S/C24H18F2N2/c25-18-9-13-22(14-10-18)28(23-15-11-19(26)12-16-23)24-8-4-7-21(17-24)27-20-5-2-1-3-6-20/h1-17,27H. The predicted molar refractivity (Wildman–Crippen MR) is 111 cm³/mol. The topological polar surface area (TPSA) is 15.3 Å². The second-order valence-corrected chi connectivity index (χ2v) is 6.33. The maximum Gasteiger partial charge on any atom is 0.123 e. The lowest BCUT2D eigenvalue weighted by Gasteiger charge is -2.26. The van der Waals surface area contributed by atoms with Gasteiger partial charge in [-0.2, -0.15) is 0 Å². The number of nitrogens with zero attached hydrogens (tertiary/aromatic N) is 1. The van der Waals surface area contributed by atoms with Crippen molar-refractivity contribution < 1.29 is 8.78 Å². The second kappa shape index (κ2) is 7.92. The van der Waals surface area contributed by atoms with Crippen LogP contribution in [0.5, 0.6) is 0 Å². The van der Waals surface area contributed by atoms with Crippen LogP contribution in [0.25, 0.3) is 0 Å². The first kappa shape index (κ1) is 17.7. The van der Waals surface area contributed by atoms with Gasteiger partial charge >= 0.3 is 0 Å². The summed E-state index contributed by atoms with van der Waals surface area (Å²) in [6.07, 6.45) is 0. The van der Waals surface area contributed by atoms with E-state index in [-0.39, 0.29) is 11.6 Å². The van der Waals surface area contributed by atoms with Crippen LogP contribution in [-0.2, 0) is 0 Å². The van der Waals surface area contributed by atoms with Crippen LogP contribution in [0.1, 0.15) is 0 Å². The maximum absolute atomic E-state index is 13.4. The third-order valence-corrected chi connectivity index (χ3v) is 4.34. The highest BCUT2D eigenvalue weighted by Crippen LogP contribution is 2.36. The highest BCUT2D eigenvalue weighted by atomic mass is 19.1. The lowest BCUT2D eigenvalue weighted by Crippen LogP contribution is -2.10. The number of para-hydroxylation sites is 1. The zero-order chi connectivity index (χ0) is 19.3. The van der Waals surface area contributed by atoms with Gasteiger partial charge in [-0.25, -0.2) is 8.78 Å². The van der Waals surface area contributed by atoms with E-state index in [2.05, 4.69) is 5.32 Å². The number of nitrogens with one attached hydrogen (secondary N) is 1. The largest absolute Gasteiger partial charge is 0.355 e. The molecule has 0 spiro atoms. The van der Waals surface area contributed by atoms with Gasteiger partial charge in [-0.1, -0.05) is 24.3 Å². The molecule has 0 radical (unpaired) electrons. The predicted octanol–water partition coefficient (Wildman–Crippen LogP) is 7.18. The van der Waals surface area contributed by atoms with E-state index >= 15 is 0 Å². The van der Waals surface area contributed by atoms with Crippen LogP contribution >= 0.6 is 0 Å². The van der Waals surface area contributed by atoms with Crippen molar-refractivity contribution in [2.45, 2.75) is 0 Å². The van der Waals surface area contributed by atoms with Gasteiger partial charge in [-0.05, 0) is 78.9 Å². The van der Waals surface area contributed by atoms with Crippen molar-refractivity contribution in [3.8, 4) is 0 Å². The van der Waals surface area contributed by atoms with E-state index in [9.17, 15) is 8.78 Å². The van der Waals surface area contributed by atoms with Gasteiger partial charge in [-0.15, -0.1) is 0 Å². The van der Waals surface area contributed by atoms with E-state index in [0.29, 0.717) is 0 Å². The first-order valence-electron chi connectivity index (χ1n) is 8.92. The molecule has 0 aliphatic heterocycles. The molecule has 0 fully saturated rings. The number of benzene rings is 4. The van der Waals surface area contributed by atoms with Crippen molar-refractivity contribution in [1.29, 1.82) is 0 Å². The molecule has 1 N–H and O–H groups in total. The lowest BCUT2D eigenvalue weighted by molar-refractivity contribution is 0.628. The molecule has 0 amide bonds. The fourth-order valence-corrected chi connectivity index (χ4v) is 3.04. The van der Waals surface area contributed by atoms with Gasteiger partial charge in [0.15, 0.2) is 0 Å². The normalized spacial score (nSPS) is 10.5. The van der Waals surface area contributed by atoms with Crippen LogP contribution in [0.2, 0.25) is 0 Å². The Hall–Kier alpha value is -3.66. The minimum absolute atomic E-state index is 0.303. The quantitative estimate of drug-likeness (QED) is 0.399. The van der Waals surface area contributed by atoms with Crippen molar-refractivity contribution in [2.75, 3.05) is 10.2 Å². The molecule has 2 nitrogen and oxygen atoms in total. The Morgan fingerprint density at radius 1 is 0.500 bits per heavy atom. The molecule has 4 rings (SSSR count). The van der Waals surface area contributed by atoms with Crippen LogP contribution in [0.15, 0.2) is 103 Å². The summed E-state index contributed by atoms with van der Waals surface area (Å²) in [6, 6.07) is 30.2. The average molecular weight is 372 g/mol. The molecule has 0 unspecified atom stereocenters. The van der Waals surface area contributed by atoms with Gasteiger partial charge in [-0.3, -0.25) is 0 Å². The van der Waals surface area contributed by atoms with Crippen LogP contribution in [0.3, 0.4) is 0 Å². The molecule has 4 heteroatoms. The first-order valence-corrected chi connectivity index (χ1v) is 8.92. The Bertz CT molecular complexity index is 1000. The van der Waals surface area contributed by atoms with E-state index in [0.717, 1.165) is 28.4 Å². The number of anilines is 5. The summed E-state index contributed by atoms with van der Waals surface area (Å²) in [4.78, 5) is 1.95. The van der Waals surface area contributed by atoms with E-state index < -0.39 is 0 Å². The third-order valence-electron chi connectivity index (χ3n) is 4.34. The van der Waals surface area contributed by atoms with Gasteiger partial charge in [0.2, 0.25) is 0 Å². The summed E-state index contributed by atoms with van der Waals surface area (Å²) in [5.41, 5.74) is 4.33. The van der Waals surface area contributed by atoms with Crippen molar-refractivity contribution in [3.05, 3.63) is 115 Å². The zero-order valence-corrected chi connectivity index (χ0v) is 15.0. The molecule has 0 heterocycles. The monoisotopic (exact) mass is 372 g/mol. The first-order chi connectivity index (χ1) is 13.7. The summed E-state index contributed by atoms with van der Waals surface area (Å²) in [6.45, 7) is 0.